The number of halogens is 3. The van der Waals surface area contributed by atoms with Gasteiger partial charge in [-0.2, -0.15) is 31.8 Å². The minimum Gasteiger partial charge on any atom is -0.305 e. The van der Waals surface area contributed by atoms with Crippen molar-refractivity contribution in [2.45, 2.75) is 39.4 Å². The molecule has 0 radical (unpaired) electrons. The third kappa shape index (κ3) is 4.66. The van der Waals surface area contributed by atoms with Gasteiger partial charge in [0.1, 0.15) is 5.69 Å². The topological polar surface area (TPSA) is 68.1 Å². The van der Waals surface area contributed by atoms with Crippen LogP contribution in [0.15, 0.2) is 42.7 Å². The SMILES string of the molecule is Cc1cc(C(=O)Cc2cnn3c2C(=O)N(c2ccc(C(F)(F)F)c(C)c2)C[C@@H]3C)ccn1.S. The van der Waals surface area contributed by atoms with Crippen LogP contribution >= 0.6 is 13.5 Å². The molecule has 0 bridgehead atoms. The summed E-state index contributed by atoms with van der Waals surface area (Å²) in [4.78, 5) is 31.6. The number of Topliss-reactive ketones (excluding diaryl/α,β-unsaturated/α-hetero) is 1. The van der Waals surface area contributed by atoms with Crippen molar-refractivity contribution in [3.05, 3.63) is 76.4 Å². The van der Waals surface area contributed by atoms with E-state index in [-0.39, 0.29) is 49.5 Å². The lowest BCUT2D eigenvalue weighted by Gasteiger charge is -2.32. The van der Waals surface area contributed by atoms with Crippen LogP contribution < -0.4 is 4.90 Å². The van der Waals surface area contributed by atoms with E-state index in [2.05, 4.69) is 10.1 Å². The maximum atomic E-state index is 13.3. The molecule has 0 N–H and O–H groups in total. The van der Waals surface area contributed by atoms with Crippen LogP contribution in [-0.4, -0.2) is 33.0 Å². The van der Waals surface area contributed by atoms with Gasteiger partial charge >= 0.3 is 6.18 Å². The highest BCUT2D eigenvalue weighted by Crippen LogP contribution is 2.35. The number of aryl methyl sites for hydroxylation is 2. The van der Waals surface area contributed by atoms with Crippen molar-refractivity contribution < 1.29 is 22.8 Å². The number of benzene rings is 1. The number of hydrogen-bond acceptors (Lipinski definition) is 4. The highest BCUT2D eigenvalue weighted by Gasteiger charge is 2.36. The zero-order valence-corrected chi connectivity index (χ0v) is 19.3. The quantitative estimate of drug-likeness (QED) is 0.513. The van der Waals surface area contributed by atoms with E-state index in [1.54, 1.807) is 29.9 Å². The Morgan fingerprint density at radius 2 is 1.91 bits per heavy atom. The van der Waals surface area contributed by atoms with Crippen molar-refractivity contribution in [3.8, 4) is 0 Å². The molecule has 0 saturated carbocycles. The van der Waals surface area contributed by atoms with Crippen molar-refractivity contribution >= 4 is 30.9 Å². The van der Waals surface area contributed by atoms with Crippen LogP contribution in [0.1, 0.15) is 56.2 Å². The molecule has 0 spiro atoms. The van der Waals surface area contributed by atoms with E-state index in [0.29, 0.717) is 22.5 Å². The van der Waals surface area contributed by atoms with Gasteiger partial charge in [-0.15, -0.1) is 0 Å². The number of anilines is 1. The van der Waals surface area contributed by atoms with Crippen molar-refractivity contribution in [1.29, 1.82) is 0 Å². The number of hydrogen-bond donors (Lipinski definition) is 0. The molecule has 0 fully saturated rings. The molecule has 1 aliphatic heterocycles. The molecule has 174 valence electrons. The summed E-state index contributed by atoms with van der Waals surface area (Å²) in [6.45, 7) is 5.28. The van der Waals surface area contributed by atoms with Gasteiger partial charge in [0, 0.05) is 41.7 Å². The summed E-state index contributed by atoms with van der Waals surface area (Å²) in [5.41, 5.74) is 1.64. The molecule has 1 atom stereocenters. The van der Waals surface area contributed by atoms with E-state index < -0.39 is 17.6 Å². The van der Waals surface area contributed by atoms with Crippen LogP contribution in [-0.2, 0) is 12.6 Å². The van der Waals surface area contributed by atoms with E-state index >= 15 is 0 Å². The normalized spacial score (nSPS) is 15.8. The first-order valence-corrected chi connectivity index (χ1v) is 10.1. The number of carbonyl (C=O) groups excluding carboxylic acids is 2. The first kappa shape index (κ1) is 24.5. The predicted molar refractivity (Wildman–Crippen MR) is 122 cm³/mol. The summed E-state index contributed by atoms with van der Waals surface area (Å²) >= 11 is 0. The van der Waals surface area contributed by atoms with Crippen LogP contribution in [0.25, 0.3) is 0 Å². The van der Waals surface area contributed by atoms with Gasteiger partial charge in [0.25, 0.3) is 5.91 Å². The lowest BCUT2D eigenvalue weighted by molar-refractivity contribution is -0.138. The second-order valence-corrected chi connectivity index (χ2v) is 8.01. The maximum Gasteiger partial charge on any atom is 0.416 e. The molecule has 3 heterocycles. The monoisotopic (exact) mass is 476 g/mol. The first-order chi connectivity index (χ1) is 15.1. The van der Waals surface area contributed by atoms with Crippen molar-refractivity contribution in [1.82, 2.24) is 14.8 Å². The van der Waals surface area contributed by atoms with E-state index in [4.69, 9.17) is 0 Å². The number of aromatic nitrogens is 3. The Hall–Kier alpha value is -3.14. The summed E-state index contributed by atoms with van der Waals surface area (Å²) in [6.07, 6.45) is -1.41. The Balaban J connectivity index is 0.00000306. The van der Waals surface area contributed by atoms with Gasteiger partial charge in [0.15, 0.2) is 5.78 Å². The summed E-state index contributed by atoms with van der Waals surface area (Å²) < 4.78 is 41.0. The fourth-order valence-corrected chi connectivity index (χ4v) is 4.00. The summed E-state index contributed by atoms with van der Waals surface area (Å²) in [5, 5.41) is 4.30. The third-order valence-corrected chi connectivity index (χ3v) is 5.58. The molecule has 1 amide bonds. The van der Waals surface area contributed by atoms with Gasteiger partial charge in [-0.25, -0.2) is 0 Å². The summed E-state index contributed by atoms with van der Waals surface area (Å²) in [7, 11) is 0. The number of alkyl halides is 3. The molecule has 4 rings (SSSR count). The smallest absolute Gasteiger partial charge is 0.305 e. The van der Waals surface area contributed by atoms with Crippen molar-refractivity contribution in [2.24, 2.45) is 0 Å². The lowest BCUT2D eigenvalue weighted by Crippen LogP contribution is -2.43. The van der Waals surface area contributed by atoms with Crippen molar-refractivity contribution in [3.63, 3.8) is 0 Å². The zero-order chi connectivity index (χ0) is 23.2. The molecule has 0 unspecified atom stereocenters. The second-order valence-electron chi connectivity index (χ2n) is 8.01. The molecule has 33 heavy (non-hydrogen) atoms. The number of nitrogens with zero attached hydrogens (tertiary/aromatic N) is 4. The number of rotatable bonds is 4. The number of fused-ring (bicyclic) bond motifs is 1. The first-order valence-electron chi connectivity index (χ1n) is 10.1. The molecule has 10 heteroatoms. The third-order valence-electron chi connectivity index (χ3n) is 5.58. The second kappa shape index (κ2) is 9.01. The Morgan fingerprint density at radius 1 is 1.18 bits per heavy atom. The van der Waals surface area contributed by atoms with Crippen LogP contribution in [0.3, 0.4) is 0 Å². The van der Waals surface area contributed by atoms with E-state index in [0.717, 1.165) is 6.07 Å². The fourth-order valence-electron chi connectivity index (χ4n) is 4.00. The number of amides is 1. The average molecular weight is 477 g/mol. The maximum absolute atomic E-state index is 13.3. The molecule has 2 aromatic heterocycles. The molecular weight excluding hydrogens is 453 g/mol. The Morgan fingerprint density at radius 3 is 2.55 bits per heavy atom. The fraction of sp³-hybridized carbons (Fsp3) is 0.304. The van der Waals surface area contributed by atoms with Crippen molar-refractivity contribution in [2.75, 3.05) is 11.4 Å². The Labute approximate surface area is 195 Å². The molecule has 1 aliphatic rings. The standard InChI is InChI=1S/C23H21F3N4O2.H2S/c1-13-8-18(4-5-19(13)23(24,25)26)29-12-15(3)30-21(22(29)32)17(11-28-30)10-20(31)16-6-7-27-14(2)9-16;/h4-9,11,15H,10,12H2,1-3H3;1H2/t15-;/m0./s1. The van der Waals surface area contributed by atoms with Gasteiger partial charge in [-0.05, 0) is 56.7 Å². The largest absolute Gasteiger partial charge is 0.416 e. The number of pyridine rings is 1. The minimum atomic E-state index is -4.46. The molecule has 3 aromatic rings. The average Bonchev–Trinajstić information content (AvgIpc) is 3.14. The molecule has 1 aromatic carbocycles. The highest BCUT2D eigenvalue weighted by atomic mass is 32.1. The van der Waals surface area contributed by atoms with Crippen LogP contribution in [0.2, 0.25) is 0 Å². The van der Waals surface area contributed by atoms with Crippen LogP contribution in [0, 0.1) is 13.8 Å². The number of carbonyl (C=O) groups is 2. The molecule has 6 nitrogen and oxygen atoms in total. The van der Waals surface area contributed by atoms with E-state index in [1.807, 2.05) is 6.92 Å². The van der Waals surface area contributed by atoms with Gasteiger partial charge in [0.05, 0.1) is 17.8 Å². The summed E-state index contributed by atoms with van der Waals surface area (Å²) in [5.74, 6) is -0.567. The van der Waals surface area contributed by atoms with Crippen LogP contribution in [0.5, 0.6) is 0 Å². The lowest BCUT2D eigenvalue weighted by atomic mass is 10.0. The van der Waals surface area contributed by atoms with Gasteiger partial charge in [-0.1, -0.05) is 0 Å². The number of ketones is 1. The summed E-state index contributed by atoms with van der Waals surface area (Å²) in [6, 6.07) is 6.75. The molecule has 0 aliphatic carbocycles. The minimum absolute atomic E-state index is 0. The molecule has 0 saturated heterocycles. The predicted octanol–water partition coefficient (Wildman–Crippen LogP) is 4.67. The van der Waals surface area contributed by atoms with Gasteiger partial charge in [-0.3, -0.25) is 19.3 Å². The van der Waals surface area contributed by atoms with Gasteiger partial charge in [0.2, 0.25) is 0 Å². The Bertz CT molecular complexity index is 1220. The van der Waals surface area contributed by atoms with E-state index in [1.165, 1.54) is 30.2 Å². The Kier molecular flexibility index (Phi) is 6.69. The van der Waals surface area contributed by atoms with Crippen LogP contribution in [0.4, 0.5) is 18.9 Å². The highest BCUT2D eigenvalue weighted by molar-refractivity contribution is 7.59. The van der Waals surface area contributed by atoms with Gasteiger partial charge < -0.3 is 4.90 Å². The van der Waals surface area contributed by atoms with E-state index in [9.17, 15) is 22.8 Å². The zero-order valence-electron chi connectivity index (χ0n) is 18.3. The molecular formula is C23H23F3N4O2S.